The van der Waals surface area contributed by atoms with Gasteiger partial charge in [0, 0.05) is 30.4 Å². The van der Waals surface area contributed by atoms with E-state index < -0.39 is 52.5 Å². The summed E-state index contributed by atoms with van der Waals surface area (Å²) in [6, 6.07) is 21.7. The molecule has 1 fully saturated rings. The molecule has 326 valence electrons. The van der Waals surface area contributed by atoms with Crippen LogP contribution < -0.4 is 10.6 Å². The van der Waals surface area contributed by atoms with E-state index in [4.69, 9.17) is 9.57 Å². The number of anilines is 1. The van der Waals surface area contributed by atoms with E-state index in [2.05, 4.69) is 20.7 Å². The van der Waals surface area contributed by atoms with Gasteiger partial charge in [-0.2, -0.15) is 18.3 Å². The lowest BCUT2D eigenvalue weighted by Gasteiger charge is -2.37. The van der Waals surface area contributed by atoms with Crippen LogP contribution in [0.5, 0.6) is 0 Å². The van der Waals surface area contributed by atoms with Crippen molar-refractivity contribution in [2.45, 2.75) is 90.6 Å². The Labute approximate surface area is 356 Å². The van der Waals surface area contributed by atoms with Gasteiger partial charge in [-0.25, -0.2) is 18.7 Å². The Hall–Kier alpha value is -6.58. The third kappa shape index (κ3) is 11.4. The van der Waals surface area contributed by atoms with Crippen molar-refractivity contribution < 1.29 is 46.3 Å². The fourth-order valence-corrected chi connectivity index (χ4v) is 6.83. The van der Waals surface area contributed by atoms with Gasteiger partial charge in [-0.05, 0) is 93.0 Å². The van der Waals surface area contributed by atoms with Crippen molar-refractivity contribution in [3.05, 3.63) is 143 Å². The number of hydrogen-bond acceptors (Lipinski definition) is 8. The molecular formula is C46H48F4N6O6. The van der Waals surface area contributed by atoms with Gasteiger partial charge in [0.15, 0.2) is 5.69 Å². The second kappa shape index (κ2) is 18.6. The summed E-state index contributed by atoms with van der Waals surface area (Å²) in [7, 11) is 0. The van der Waals surface area contributed by atoms with E-state index in [1.165, 1.54) is 30.3 Å². The first kappa shape index (κ1) is 45.0. The number of nitrogens with zero attached hydrogens (tertiary/aromatic N) is 4. The van der Waals surface area contributed by atoms with Gasteiger partial charge in [-0.1, -0.05) is 75.2 Å². The highest BCUT2D eigenvalue weighted by molar-refractivity contribution is 6.04. The standard InChI is InChI=1S/C46H48F4N6O6/c1-29(2)23-40(57)53-45(21-20-30-16-17-30,34-14-10-22-51-27-34)33-18-19-36(47)37(25-33)52-41(58)38-26-39(46(48,49)50)54-56(38)35-15-9-13-32(24-35)42(59)62-55(43(60)61-44(3,4)5)28-31-11-7-6-8-12-31/h6-15,18-19,22,24-27,29-30H,16-17,20-21,23,28H2,1-5H3,(H,52,58)(H,53,57). The highest BCUT2D eigenvalue weighted by Gasteiger charge is 2.40. The van der Waals surface area contributed by atoms with Gasteiger partial charge in [-0.3, -0.25) is 14.6 Å². The molecule has 0 radical (unpaired) electrons. The van der Waals surface area contributed by atoms with Crippen LogP contribution in [-0.4, -0.2) is 49.3 Å². The first-order valence-corrected chi connectivity index (χ1v) is 20.2. The van der Waals surface area contributed by atoms with Gasteiger partial charge < -0.3 is 20.2 Å². The molecule has 1 aliphatic carbocycles. The van der Waals surface area contributed by atoms with E-state index in [0.29, 0.717) is 39.8 Å². The number of rotatable bonds is 14. The third-order valence-electron chi connectivity index (χ3n) is 9.95. The second-order valence-electron chi connectivity index (χ2n) is 16.7. The molecule has 3 aromatic carbocycles. The van der Waals surface area contributed by atoms with Gasteiger partial charge >= 0.3 is 18.2 Å². The zero-order valence-corrected chi connectivity index (χ0v) is 35.0. The number of benzene rings is 3. The number of hydrogen-bond donors (Lipinski definition) is 2. The monoisotopic (exact) mass is 856 g/mol. The molecular weight excluding hydrogens is 809 g/mol. The average molecular weight is 857 g/mol. The number of halogens is 4. The Balaban J connectivity index is 1.34. The van der Waals surface area contributed by atoms with Gasteiger partial charge in [-0.15, -0.1) is 5.06 Å². The highest BCUT2D eigenvalue weighted by atomic mass is 19.4. The molecule has 0 spiro atoms. The van der Waals surface area contributed by atoms with Crippen LogP contribution >= 0.6 is 0 Å². The van der Waals surface area contributed by atoms with E-state index >= 15 is 4.39 Å². The fraction of sp³-hybridized carbons (Fsp3) is 0.348. The van der Waals surface area contributed by atoms with Crippen molar-refractivity contribution in [2.75, 3.05) is 5.32 Å². The van der Waals surface area contributed by atoms with Crippen molar-refractivity contribution in [1.29, 1.82) is 0 Å². The minimum Gasteiger partial charge on any atom is -0.442 e. The Morgan fingerprint density at radius 3 is 2.29 bits per heavy atom. The fourth-order valence-electron chi connectivity index (χ4n) is 6.83. The number of aromatic nitrogens is 3. The van der Waals surface area contributed by atoms with Crippen LogP contribution in [0.4, 0.5) is 28.0 Å². The molecule has 3 amide bonds. The molecule has 1 atom stereocenters. The van der Waals surface area contributed by atoms with E-state index in [1.807, 2.05) is 13.8 Å². The molecule has 0 bridgehead atoms. The van der Waals surface area contributed by atoms with Gasteiger partial charge in [0.1, 0.15) is 17.1 Å². The quantitative estimate of drug-likeness (QED) is 0.0830. The predicted molar refractivity (Wildman–Crippen MR) is 221 cm³/mol. The topological polar surface area (TPSA) is 145 Å². The lowest BCUT2D eigenvalue weighted by atomic mass is 9.78. The number of alkyl halides is 3. The number of ether oxygens (including phenoxy) is 1. The first-order chi connectivity index (χ1) is 29.3. The number of hydroxylamine groups is 2. The summed E-state index contributed by atoms with van der Waals surface area (Å²) in [5, 5.41) is 10.0. The Kier molecular flexibility index (Phi) is 13.5. The molecule has 2 N–H and O–H groups in total. The molecule has 2 aromatic heterocycles. The molecule has 2 heterocycles. The largest absolute Gasteiger partial charge is 0.444 e. The molecule has 6 rings (SSSR count). The normalized spacial score (nSPS) is 13.8. The predicted octanol–water partition coefficient (Wildman–Crippen LogP) is 9.78. The van der Waals surface area contributed by atoms with Crippen molar-refractivity contribution in [2.24, 2.45) is 11.8 Å². The summed E-state index contributed by atoms with van der Waals surface area (Å²) in [4.78, 5) is 64.0. The Morgan fingerprint density at radius 2 is 1.65 bits per heavy atom. The van der Waals surface area contributed by atoms with Crippen LogP contribution in [0.1, 0.15) is 110 Å². The highest BCUT2D eigenvalue weighted by Crippen LogP contribution is 2.42. The SMILES string of the molecule is CC(C)CC(=O)NC(CCC1CC1)(c1cccnc1)c1ccc(F)c(NC(=O)c2cc(C(F)(F)F)nn2-c2cccc(C(=O)ON(Cc3ccccc3)C(=O)OC(C)(C)C)c2)c1. The Morgan fingerprint density at radius 1 is 0.903 bits per heavy atom. The number of carbonyl (C=O) groups is 4. The summed E-state index contributed by atoms with van der Waals surface area (Å²) >= 11 is 0. The van der Waals surface area contributed by atoms with Crippen LogP contribution in [0.15, 0.2) is 103 Å². The third-order valence-corrected chi connectivity index (χ3v) is 9.95. The molecule has 5 aromatic rings. The summed E-state index contributed by atoms with van der Waals surface area (Å²) in [6.07, 6.45) is 0.647. The van der Waals surface area contributed by atoms with Crippen molar-refractivity contribution in [1.82, 2.24) is 25.1 Å². The van der Waals surface area contributed by atoms with Crippen LogP contribution in [0.25, 0.3) is 5.69 Å². The Bertz CT molecular complexity index is 2400. The average Bonchev–Trinajstić information content (AvgIpc) is 3.93. The van der Waals surface area contributed by atoms with Gasteiger partial charge in [0.25, 0.3) is 5.91 Å². The van der Waals surface area contributed by atoms with E-state index in [9.17, 15) is 32.3 Å². The smallest absolute Gasteiger partial charge is 0.442 e. The van der Waals surface area contributed by atoms with E-state index in [1.54, 1.807) is 75.6 Å². The minimum atomic E-state index is -5.01. The second-order valence-corrected chi connectivity index (χ2v) is 16.7. The number of carbonyl (C=O) groups excluding carboxylic acids is 4. The molecule has 16 heteroatoms. The van der Waals surface area contributed by atoms with Gasteiger partial charge in [0.05, 0.1) is 29.0 Å². The van der Waals surface area contributed by atoms with Crippen LogP contribution in [0.3, 0.4) is 0 Å². The molecule has 62 heavy (non-hydrogen) atoms. The number of pyridine rings is 1. The van der Waals surface area contributed by atoms with Crippen LogP contribution in [0, 0.1) is 17.7 Å². The lowest BCUT2D eigenvalue weighted by Crippen LogP contribution is -2.47. The van der Waals surface area contributed by atoms with Crippen molar-refractivity contribution >= 4 is 29.6 Å². The van der Waals surface area contributed by atoms with Crippen LogP contribution in [0.2, 0.25) is 0 Å². The first-order valence-electron chi connectivity index (χ1n) is 20.2. The van der Waals surface area contributed by atoms with E-state index in [-0.39, 0.29) is 41.7 Å². The molecule has 0 aliphatic heterocycles. The minimum absolute atomic E-state index is 0.0254. The summed E-state index contributed by atoms with van der Waals surface area (Å²) in [5.41, 5.74) is -3.33. The maximum absolute atomic E-state index is 15.7. The molecule has 1 saturated carbocycles. The van der Waals surface area contributed by atoms with Crippen molar-refractivity contribution in [3.63, 3.8) is 0 Å². The number of nitrogens with one attached hydrogen (secondary N) is 2. The maximum Gasteiger partial charge on any atom is 0.444 e. The van der Waals surface area contributed by atoms with Gasteiger partial charge in [0.2, 0.25) is 5.91 Å². The van der Waals surface area contributed by atoms with E-state index in [0.717, 1.165) is 36.5 Å². The summed E-state index contributed by atoms with van der Waals surface area (Å²) in [5.74, 6) is -2.91. The zero-order chi connectivity index (χ0) is 44.8. The zero-order valence-electron chi connectivity index (χ0n) is 35.0. The molecule has 12 nitrogen and oxygen atoms in total. The molecule has 1 unspecified atom stereocenters. The number of amides is 3. The summed E-state index contributed by atoms with van der Waals surface area (Å²) < 4.78 is 64.5. The molecule has 0 saturated heterocycles. The summed E-state index contributed by atoms with van der Waals surface area (Å²) in [6.45, 7) is 8.53. The lowest BCUT2D eigenvalue weighted by molar-refractivity contribution is -0.141. The van der Waals surface area contributed by atoms with Crippen molar-refractivity contribution in [3.8, 4) is 5.69 Å². The maximum atomic E-state index is 15.7. The van der Waals surface area contributed by atoms with Crippen LogP contribution in [-0.2, 0) is 32.6 Å². The molecule has 1 aliphatic rings.